The van der Waals surface area contributed by atoms with Crippen LogP contribution in [0.3, 0.4) is 0 Å². The maximum absolute atomic E-state index is 11.8. The van der Waals surface area contributed by atoms with Crippen LogP contribution in [0.4, 0.5) is 10.1 Å². The molecule has 0 saturated heterocycles. The maximum atomic E-state index is 11.8. The molecular formula is C8H8FNO2. The fourth-order valence-electron chi connectivity index (χ4n) is 0.893. The summed E-state index contributed by atoms with van der Waals surface area (Å²) in [6.07, 6.45) is 0.317. The Labute approximate surface area is 69.0 Å². The number of nitrogens with zero attached hydrogens (tertiary/aromatic N) is 1. The van der Waals surface area contributed by atoms with Crippen LogP contribution >= 0.6 is 0 Å². The topological polar surface area (TPSA) is 43.1 Å². The number of nitro groups is 1. The third-order valence-corrected chi connectivity index (χ3v) is 1.53. The largest absolute Gasteiger partial charge is 0.269 e. The molecule has 0 aromatic heterocycles. The fraction of sp³-hybridized carbons (Fsp3) is 0.250. The van der Waals surface area contributed by atoms with Gasteiger partial charge in [-0.25, -0.2) is 0 Å². The summed E-state index contributed by atoms with van der Waals surface area (Å²) in [4.78, 5) is 9.73. The Morgan fingerprint density at radius 3 is 2.33 bits per heavy atom. The van der Waals surface area contributed by atoms with Gasteiger partial charge in [0.25, 0.3) is 5.69 Å². The van der Waals surface area contributed by atoms with Crippen molar-refractivity contribution in [2.24, 2.45) is 0 Å². The van der Waals surface area contributed by atoms with E-state index in [-0.39, 0.29) is 5.69 Å². The molecule has 0 amide bonds. The van der Waals surface area contributed by atoms with E-state index in [0.717, 1.165) is 5.56 Å². The molecule has 0 heterocycles. The van der Waals surface area contributed by atoms with Crippen LogP contribution in [-0.2, 0) is 6.42 Å². The number of non-ortho nitro benzene ring substituents is 1. The predicted octanol–water partition coefficient (Wildman–Crippen LogP) is 2.11. The molecule has 64 valence electrons. The lowest BCUT2D eigenvalue weighted by Crippen LogP contribution is -1.89. The van der Waals surface area contributed by atoms with E-state index < -0.39 is 11.6 Å². The molecule has 3 nitrogen and oxygen atoms in total. The number of halogens is 1. The fourth-order valence-corrected chi connectivity index (χ4v) is 0.893. The van der Waals surface area contributed by atoms with Crippen molar-refractivity contribution in [1.82, 2.24) is 0 Å². The summed E-state index contributed by atoms with van der Waals surface area (Å²) in [5.41, 5.74) is 0.820. The van der Waals surface area contributed by atoms with Gasteiger partial charge in [0.15, 0.2) is 0 Å². The highest BCUT2D eigenvalue weighted by Crippen LogP contribution is 2.11. The van der Waals surface area contributed by atoms with Gasteiger partial charge >= 0.3 is 0 Å². The molecular weight excluding hydrogens is 161 g/mol. The SMILES string of the molecule is O=[N+]([O-])c1ccc(CCF)cc1. The first-order valence-corrected chi connectivity index (χ1v) is 3.53. The lowest BCUT2D eigenvalue weighted by molar-refractivity contribution is -0.384. The Morgan fingerprint density at radius 2 is 1.92 bits per heavy atom. The number of aryl methyl sites for hydroxylation is 1. The smallest absolute Gasteiger partial charge is 0.258 e. The average Bonchev–Trinajstić information content (AvgIpc) is 2.06. The van der Waals surface area contributed by atoms with Crippen molar-refractivity contribution in [3.05, 3.63) is 39.9 Å². The van der Waals surface area contributed by atoms with E-state index >= 15 is 0 Å². The molecule has 0 radical (unpaired) electrons. The van der Waals surface area contributed by atoms with Crippen molar-refractivity contribution in [3.63, 3.8) is 0 Å². The summed E-state index contributed by atoms with van der Waals surface area (Å²) in [5.74, 6) is 0. The minimum absolute atomic E-state index is 0.0395. The normalized spacial score (nSPS) is 9.75. The van der Waals surface area contributed by atoms with E-state index in [9.17, 15) is 14.5 Å². The molecule has 1 aromatic rings. The first-order valence-electron chi connectivity index (χ1n) is 3.53. The molecule has 0 bridgehead atoms. The van der Waals surface area contributed by atoms with Gasteiger partial charge in [-0.05, 0) is 5.56 Å². The Balaban J connectivity index is 2.78. The molecule has 4 heteroatoms. The third-order valence-electron chi connectivity index (χ3n) is 1.53. The van der Waals surface area contributed by atoms with Crippen molar-refractivity contribution in [2.75, 3.05) is 6.67 Å². The summed E-state index contributed by atoms with van der Waals surface area (Å²) >= 11 is 0. The van der Waals surface area contributed by atoms with Gasteiger partial charge in [-0.3, -0.25) is 14.5 Å². The molecule has 0 spiro atoms. The Morgan fingerprint density at radius 1 is 1.33 bits per heavy atom. The van der Waals surface area contributed by atoms with Crippen molar-refractivity contribution in [2.45, 2.75) is 6.42 Å². The number of hydrogen-bond acceptors (Lipinski definition) is 2. The summed E-state index contributed by atoms with van der Waals surface area (Å²) < 4.78 is 11.8. The molecule has 0 fully saturated rings. The molecule has 0 N–H and O–H groups in total. The number of nitro benzene ring substituents is 1. The Bertz CT molecular complexity index is 271. The second-order valence-electron chi connectivity index (χ2n) is 2.36. The van der Waals surface area contributed by atoms with Crippen LogP contribution in [-0.4, -0.2) is 11.6 Å². The van der Waals surface area contributed by atoms with Crippen LogP contribution in [0.25, 0.3) is 0 Å². The predicted molar refractivity (Wildman–Crippen MR) is 42.8 cm³/mol. The molecule has 1 rings (SSSR count). The van der Waals surface area contributed by atoms with Crippen LogP contribution in [0.2, 0.25) is 0 Å². The first kappa shape index (κ1) is 8.64. The zero-order valence-electron chi connectivity index (χ0n) is 6.37. The van der Waals surface area contributed by atoms with E-state index in [1.54, 1.807) is 12.1 Å². The lowest BCUT2D eigenvalue weighted by atomic mass is 10.1. The number of hydrogen-bond donors (Lipinski definition) is 0. The third kappa shape index (κ3) is 2.02. The minimum atomic E-state index is -0.473. The average molecular weight is 169 g/mol. The Hall–Kier alpha value is -1.45. The molecule has 12 heavy (non-hydrogen) atoms. The maximum Gasteiger partial charge on any atom is 0.269 e. The van der Waals surface area contributed by atoms with Crippen molar-refractivity contribution in [3.8, 4) is 0 Å². The van der Waals surface area contributed by atoms with Crippen molar-refractivity contribution >= 4 is 5.69 Å². The van der Waals surface area contributed by atoms with Gasteiger partial charge in [-0.15, -0.1) is 0 Å². The second kappa shape index (κ2) is 3.80. The van der Waals surface area contributed by atoms with Crippen molar-refractivity contribution in [1.29, 1.82) is 0 Å². The van der Waals surface area contributed by atoms with E-state index in [0.29, 0.717) is 6.42 Å². The van der Waals surface area contributed by atoms with E-state index in [2.05, 4.69) is 0 Å². The van der Waals surface area contributed by atoms with Gasteiger partial charge in [-0.2, -0.15) is 0 Å². The van der Waals surface area contributed by atoms with Crippen LogP contribution in [0, 0.1) is 10.1 Å². The summed E-state index contributed by atoms with van der Waals surface area (Å²) in [5, 5.41) is 10.2. The van der Waals surface area contributed by atoms with E-state index in [1.165, 1.54) is 12.1 Å². The van der Waals surface area contributed by atoms with E-state index in [1.807, 2.05) is 0 Å². The monoisotopic (exact) mass is 169 g/mol. The van der Waals surface area contributed by atoms with Crippen molar-refractivity contribution < 1.29 is 9.31 Å². The lowest BCUT2D eigenvalue weighted by Gasteiger charge is -1.95. The van der Waals surface area contributed by atoms with E-state index in [4.69, 9.17) is 0 Å². The summed E-state index contributed by atoms with van der Waals surface area (Å²) in [6.45, 7) is -0.433. The van der Waals surface area contributed by atoms with Crippen LogP contribution in [0.5, 0.6) is 0 Å². The quantitative estimate of drug-likeness (QED) is 0.513. The van der Waals surface area contributed by atoms with Gasteiger partial charge in [0.2, 0.25) is 0 Å². The molecule has 0 aliphatic rings. The molecule has 0 atom stereocenters. The molecule has 0 saturated carbocycles. The second-order valence-corrected chi connectivity index (χ2v) is 2.36. The van der Waals surface area contributed by atoms with Gasteiger partial charge in [0, 0.05) is 18.6 Å². The zero-order valence-corrected chi connectivity index (χ0v) is 6.37. The highest BCUT2D eigenvalue weighted by Gasteiger charge is 2.02. The van der Waals surface area contributed by atoms with Crippen LogP contribution in [0.1, 0.15) is 5.56 Å². The van der Waals surface area contributed by atoms with Gasteiger partial charge < -0.3 is 0 Å². The zero-order chi connectivity index (χ0) is 8.97. The Kier molecular flexibility index (Phi) is 2.74. The summed E-state index contributed by atoms with van der Waals surface area (Å²) in [7, 11) is 0. The number of benzene rings is 1. The first-order chi connectivity index (χ1) is 5.74. The highest BCUT2D eigenvalue weighted by molar-refractivity contribution is 5.32. The molecule has 1 aromatic carbocycles. The highest BCUT2D eigenvalue weighted by atomic mass is 19.1. The number of rotatable bonds is 3. The number of alkyl halides is 1. The standard InChI is InChI=1S/C8H8FNO2/c9-6-5-7-1-3-8(4-2-7)10(11)12/h1-4H,5-6H2. The van der Waals surface area contributed by atoms with Gasteiger partial charge in [0.1, 0.15) is 0 Å². The van der Waals surface area contributed by atoms with Gasteiger partial charge in [0.05, 0.1) is 11.6 Å². The van der Waals surface area contributed by atoms with Gasteiger partial charge in [-0.1, -0.05) is 12.1 Å². The minimum Gasteiger partial charge on any atom is -0.258 e. The molecule has 0 aliphatic carbocycles. The molecule has 0 unspecified atom stereocenters. The van der Waals surface area contributed by atoms with Crippen LogP contribution in [0.15, 0.2) is 24.3 Å². The van der Waals surface area contributed by atoms with Crippen LogP contribution < -0.4 is 0 Å². The molecule has 0 aliphatic heterocycles. The summed E-state index contributed by atoms with van der Waals surface area (Å²) in [6, 6.07) is 5.89.